The molecule has 1 aromatic heterocycles. The van der Waals surface area contributed by atoms with Crippen molar-refractivity contribution in [1.82, 2.24) is 9.88 Å². The maximum absolute atomic E-state index is 12.1. The molecule has 0 atom stereocenters. The van der Waals surface area contributed by atoms with Crippen LogP contribution in [0, 0.1) is 0 Å². The number of pyridine rings is 1. The van der Waals surface area contributed by atoms with Crippen molar-refractivity contribution in [2.45, 2.75) is 12.3 Å². The van der Waals surface area contributed by atoms with Crippen molar-refractivity contribution in [2.75, 3.05) is 12.8 Å². The van der Waals surface area contributed by atoms with E-state index in [0.717, 1.165) is 16.9 Å². The molecule has 0 aliphatic carbocycles. The number of hydrogen-bond donors (Lipinski definition) is 0. The lowest BCUT2D eigenvalue weighted by atomic mass is 10.2. The topological polar surface area (TPSA) is 33.2 Å². The van der Waals surface area contributed by atoms with E-state index in [2.05, 4.69) is 4.98 Å². The van der Waals surface area contributed by atoms with Crippen LogP contribution in [-0.4, -0.2) is 28.6 Å². The number of halogens is 2. The first kappa shape index (κ1) is 17.1. The van der Waals surface area contributed by atoms with Gasteiger partial charge in [-0.3, -0.25) is 9.78 Å². The maximum Gasteiger partial charge on any atom is 0.232 e. The summed E-state index contributed by atoms with van der Waals surface area (Å²) in [6.07, 6.45) is 3.56. The molecule has 0 N–H and O–H groups in total. The van der Waals surface area contributed by atoms with Crippen LogP contribution in [0.25, 0.3) is 0 Å². The van der Waals surface area contributed by atoms with Gasteiger partial charge in [0.1, 0.15) is 0 Å². The molecular weight excluding hydrogens is 339 g/mol. The summed E-state index contributed by atoms with van der Waals surface area (Å²) in [5.74, 6) is 1.30. The van der Waals surface area contributed by atoms with E-state index < -0.39 is 0 Å². The summed E-state index contributed by atoms with van der Waals surface area (Å²) in [5.41, 5.74) is 2.08. The van der Waals surface area contributed by atoms with E-state index in [-0.39, 0.29) is 5.91 Å². The number of carbonyl (C=O) groups is 1. The highest BCUT2D eigenvalue weighted by Crippen LogP contribution is 2.23. The molecule has 1 aromatic carbocycles. The molecular formula is C16H16Cl2N2OS. The van der Waals surface area contributed by atoms with Crippen LogP contribution in [0.5, 0.6) is 0 Å². The van der Waals surface area contributed by atoms with Gasteiger partial charge in [0.25, 0.3) is 0 Å². The van der Waals surface area contributed by atoms with Crippen molar-refractivity contribution in [3.05, 3.63) is 63.9 Å². The Balaban J connectivity index is 1.80. The molecule has 0 saturated carbocycles. The van der Waals surface area contributed by atoms with E-state index in [0.29, 0.717) is 22.3 Å². The second-order valence-corrected chi connectivity index (χ2v) is 6.65. The van der Waals surface area contributed by atoms with Crippen LogP contribution in [0.1, 0.15) is 11.1 Å². The first-order valence-corrected chi connectivity index (χ1v) is 8.62. The highest BCUT2D eigenvalue weighted by molar-refractivity contribution is 7.99. The molecule has 1 amide bonds. The normalized spacial score (nSPS) is 10.5. The fourth-order valence-electron chi connectivity index (χ4n) is 1.85. The van der Waals surface area contributed by atoms with Crippen LogP contribution in [0.3, 0.4) is 0 Å². The standard InChI is InChI=1S/C16H16Cl2N2OS/c1-20(9-12-4-5-14(17)15(18)7-12)16(21)11-22-10-13-3-2-6-19-8-13/h2-8H,9-11H2,1H3. The van der Waals surface area contributed by atoms with Crippen molar-refractivity contribution in [2.24, 2.45) is 0 Å². The molecule has 2 aromatic rings. The van der Waals surface area contributed by atoms with E-state index in [1.807, 2.05) is 24.4 Å². The molecule has 1 heterocycles. The molecule has 0 aliphatic rings. The first-order chi connectivity index (χ1) is 10.6. The van der Waals surface area contributed by atoms with Gasteiger partial charge >= 0.3 is 0 Å². The number of amides is 1. The Morgan fingerprint density at radius 3 is 2.73 bits per heavy atom. The Morgan fingerprint density at radius 2 is 2.05 bits per heavy atom. The largest absolute Gasteiger partial charge is 0.341 e. The Bertz CT molecular complexity index is 637. The predicted molar refractivity (Wildman–Crippen MR) is 93.3 cm³/mol. The summed E-state index contributed by atoms with van der Waals surface area (Å²) in [4.78, 5) is 17.9. The summed E-state index contributed by atoms with van der Waals surface area (Å²) < 4.78 is 0. The summed E-state index contributed by atoms with van der Waals surface area (Å²) in [6, 6.07) is 9.31. The minimum atomic E-state index is 0.0833. The monoisotopic (exact) mass is 354 g/mol. The van der Waals surface area contributed by atoms with E-state index in [4.69, 9.17) is 23.2 Å². The second-order valence-electron chi connectivity index (χ2n) is 4.85. The van der Waals surface area contributed by atoms with Gasteiger partial charge in [0.05, 0.1) is 15.8 Å². The first-order valence-electron chi connectivity index (χ1n) is 6.71. The number of benzene rings is 1. The molecule has 0 spiro atoms. The number of hydrogen-bond acceptors (Lipinski definition) is 3. The molecule has 6 heteroatoms. The number of rotatable bonds is 6. The number of nitrogens with zero attached hydrogens (tertiary/aromatic N) is 2. The SMILES string of the molecule is CN(Cc1ccc(Cl)c(Cl)c1)C(=O)CSCc1cccnc1. The molecule has 0 unspecified atom stereocenters. The lowest BCUT2D eigenvalue weighted by molar-refractivity contribution is -0.127. The van der Waals surface area contributed by atoms with Gasteiger partial charge in [0.15, 0.2) is 0 Å². The second kappa shape index (κ2) is 8.42. The van der Waals surface area contributed by atoms with Gasteiger partial charge < -0.3 is 4.90 Å². The summed E-state index contributed by atoms with van der Waals surface area (Å²) in [6.45, 7) is 0.517. The van der Waals surface area contributed by atoms with E-state index >= 15 is 0 Å². The number of carbonyl (C=O) groups excluding carboxylic acids is 1. The summed E-state index contributed by atoms with van der Waals surface area (Å²) in [7, 11) is 1.79. The minimum Gasteiger partial charge on any atom is -0.341 e. The molecule has 116 valence electrons. The molecule has 22 heavy (non-hydrogen) atoms. The van der Waals surface area contributed by atoms with E-state index in [1.54, 1.807) is 42.0 Å². The Morgan fingerprint density at radius 1 is 1.23 bits per heavy atom. The van der Waals surface area contributed by atoms with E-state index in [1.165, 1.54) is 0 Å². The van der Waals surface area contributed by atoms with Crippen LogP contribution in [0.15, 0.2) is 42.7 Å². The summed E-state index contributed by atoms with van der Waals surface area (Å²) in [5, 5.41) is 1.03. The van der Waals surface area contributed by atoms with Crippen LogP contribution < -0.4 is 0 Å². The van der Waals surface area contributed by atoms with Crippen LogP contribution in [-0.2, 0) is 17.1 Å². The highest BCUT2D eigenvalue weighted by atomic mass is 35.5. The average molecular weight is 355 g/mol. The highest BCUT2D eigenvalue weighted by Gasteiger charge is 2.10. The zero-order chi connectivity index (χ0) is 15.9. The van der Waals surface area contributed by atoms with Crippen molar-refractivity contribution < 1.29 is 4.79 Å². The predicted octanol–water partition coefficient (Wildman–Crippen LogP) is 4.28. The lowest BCUT2D eigenvalue weighted by Crippen LogP contribution is -2.27. The number of thioether (sulfide) groups is 1. The fraction of sp³-hybridized carbons (Fsp3) is 0.250. The molecule has 0 aliphatic heterocycles. The van der Waals surface area contributed by atoms with Gasteiger partial charge in [-0.1, -0.05) is 35.3 Å². The lowest BCUT2D eigenvalue weighted by Gasteiger charge is -2.17. The Hall–Kier alpha value is -1.23. The van der Waals surface area contributed by atoms with Gasteiger partial charge in [0.2, 0.25) is 5.91 Å². The molecule has 0 bridgehead atoms. The third-order valence-corrected chi connectivity index (χ3v) is 4.77. The number of aromatic nitrogens is 1. The molecule has 2 rings (SSSR count). The third kappa shape index (κ3) is 5.20. The smallest absolute Gasteiger partial charge is 0.232 e. The van der Waals surface area contributed by atoms with Crippen molar-refractivity contribution in [3.63, 3.8) is 0 Å². The molecule has 3 nitrogen and oxygen atoms in total. The Labute approximate surface area is 144 Å². The van der Waals surface area contributed by atoms with Gasteiger partial charge in [-0.2, -0.15) is 0 Å². The van der Waals surface area contributed by atoms with Crippen molar-refractivity contribution in [1.29, 1.82) is 0 Å². The molecule has 0 radical (unpaired) electrons. The Kier molecular flexibility index (Phi) is 6.55. The van der Waals surface area contributed by atoms with Gasteiger partial charge in [-0.25, -0.2) is 0 Å². The van der Waals surface area contributed by atoms with Crippen LogP contribution in [0.2, 0.25) is 10.0 Å². The third-order valence-electron chi connectivity index (χ3n) is 3.05. The van der Waals surface area contributed by atoms with Crippen molar-refractivity contribution in [3.8, 4) is 0 Å². The zero-order valence-corrected chi connectivity index (χ0v) is 14.5. The minimum absolute atomic E-state index is 0.0833. The van der Waals surface area contributed by atoms with Crippen molar-refractivity contribution >= 4 is 40.9 Å². The molecule has 0 saturated heterocycles. The molecule has 0 fully saturated rings. The zero-order valence-electron chi connectivity index (χ0n) is 12.1. The van der Waals surface area contributed by atoms with Gasteiger partial charge in [-0.05, 0) is 29.3 Å². The van der Waals surface area contributed by atoms with Crippen LogP contribution in [0.4, 0.5) is 0 Å². The van der Waals surface area contributed by atoms with E-state index in [9.17, 15) is 4.79 Å². The van der Waals surface area contributed by atoms with Gasteiger partial charge in [0, 0.05) is 31.7 Å². The van der Waals surface area contributed by atoms with Gasteiger partial charge in [-0.15, -0.1) is 11.8 Å². The summed E-state index contributed by atoms with van der Waals surface area (Å²) >= 11 is 13.4. The quantitative estimate of drug-likeness (QED) is 0.775. The van der Waals surface area contributed by atoms with Crippen LogP contribution >= 0.6 is 35.0 Å². The average Bonchev–Trinajstić information content (AvgIpc) is 2.52. The fourth-order valence-corrected chi connectivity index (χ4v) is 3.07. The maximum atomic E-state index is 12.1.